The normalized spacial score (nSPS) is 11.4. The van der Waals surface area contributed by atoms with E-state index < -0.39 is 23.4 Å². The van der Waals surface area contributed by atoms with E-state index in [1.807, 2.05) is 0 Å². The van der Waals surface area contributed by atoms with Crippen molar-refractivity contribution in [1.82, 2.24) is 5.48 Å². The molecule has 2 amide bonds. The highest BCUT2D eigenvalue weighted by Crippen LogP contribution is 2.22. The summed E-state index contributed by atoms with van der Waals surface area (Å²) in [7, 11) is 0. The van der Waals surface area contributed by atoms with Gasteiger partial charge >= 0.3 is 0 Å². The van der Waals surface area contributed by atoms with Gasteiger partial charge in [-0.15, -0.1) is 0 Å². The first-order chi connectivity index (χ1) is 14.9. The molecule has 5 nitrogen and oxygen atoms in total. The van der Waals surface area contributed by atoms with Crippen molar-refractivity contribution in [1.29, 1.82) is 0 Å². The molecule has 0 aliphatic carbocycles. The van der Waals surface area contributed by atoms with Crippen LogP contribution in [0, 0.1) is 11.6 Å². The van der Waals surface area contributed by atoms with Gasteiger partial charge in [-0.05, 0) is 65.2 Å². The number of amides is 2. The Morgan fingerprint density at radius 1 is 0.774 bits per heavy atom. The predicted octanol–water partition coefficient (Wildman–Crippen LogP) is 4.66. The van der Waals surface area contributed by atoms with Gasteiger partial charge in [0.05, 0.1) is 0 Å². The SMILES string of the molecule is O=C(/C=C/c1ccc(/C=C(/C(=O)Nc2ccc(F)cc2)c2ccc(F)cc2)cc1)NO. The quantitative estimate of drug-likeness (QED) is 0.235. The molecule has 0 heterocycles. The van der Waals surface area contributed by atoms with Crippen LogP contribution in [0.1, 0.15) is 16.7 Å². The fraction of sp³-hybridized carbons (Fsp3) is 0. The Hall–Kier alpha value is -4.10. The van der Waals surface area contributed by atoms with E-state index in [0.29, 0.717) is 22.4 Å². The molecule has 3 rings (SSSR count). The first kappa shape index (κ1) is 21.6. The lowest BCUT2D eigenvalue weighted by atomic mass is 10.0. The van der Waals surface area contributed by atoms with E-state index in [4.69, 9.17) is 5.21 Å². The third-order valence-corrected chi connectivity index (χ3v) is 4.29. The maximum absolute atomic E-state index is 13.4. The molecule has 0 aliphatic heterocycles. The van der Waals surface area contributed by atoms with Gasteiger partial charge in [0, 0.05) is 17.3 Å². The minimum atomic E-state index is -0.653. The maximum Gasteiger partial charge on any atom is 0.267 e. The third-order valence-electron chi connectivity index (χ3n) is 4.29. The van der Waals surface area contributed by atoms with Crippen LogP contribution in [-0.2, 0) is 9.59 Å². The molecule has 0 spiro atoms. The first-order valence-electron chi connectivity index (χ1n) is 9.21. The molecule has 0 fully saturated rings. The summed E-state index contributed by atoms with van der Waals surface area (Å²) in [5, 5.41) is 11.2. The summed E-state index contributed by atoms with van der Waals surface area (Å²) in [6.07, 6.45) is 4.33. The zero-order valence-electron chi connectivity index (χ0n) is 16.2. The molecule has 3 N–H and O–H groups in total. The average molecular weight is 420 g/mol. The van der Waals surface area contributed by atoms with Gasteiger partial charge in [-0.25, -0.2) is 14.3 Å². The number of rotatable bonds is 6. The molecule has 31 heavy (non-hydrogen) atoms. The highest BCUT2D eigenvalue weighted by Gasteiger charge is 2.13. The van der Waals surface area contributed by atoms with Crippen LogP contribution in [0.5, 0.6) is 0 Å². The van der Waals surface area contributed by atoms with Crippen LogP contribution in [0.25, 0.3) is 17.7 Å². The molecule has 7 heteroatoms. The molecule has 0 saturated heterocycles. The van der Waals surface area contributed by atoms with Crippen molar-refractivity contribution < 1.29 is 23.6 Å². The Labute approximate surface area is 177 Å². The molecule has 0 saturated carbocycles. The Morgan fingerprint density at radius 2 is 1.32 bits per heavy atom. The molecule has 0 radical (unpaired) electrons. The van der Waals surface area contributed by atoms with Crippen molar-refractivity contribution in [3.8, 4) is 0 Å². The van der Waals surface area contributed by atoms with Gasteiger partial charge in [0.1, 0.15) is 11.6 Å². The second-order valence-electron chi connectivity index (χ2n) is 6.50. The second-order valence-corrected chi connectivity index (χ2v) is 6.50. The minimum Gasteiger partial charge on any atom is -0.322 e. The van der Waals surface area contributed by atoms with Crippen molar-refractivity contribution in [2.24, 2.45) is 0 Å². The largest absolute Gasteiger partial charge is 0.322 e. The summed E-state index contributed by atoms with van der Waals surface area (Å²) in [6.45, 7) is 0. The van der Waals surface area contributed by atoms with E-state index in [9.17, 15) is 18.4 Å². The van der Waals surface area contributed by atoms with Crippen molar-refractivity contribution in [3.63, 3.8) is 0 Å². The molecule has 0 aromatic heterocycles. The molecule has 0 aliphatic rings. The monoisotopic (exact) mass is 420 g/mol. The number of nitrogens with one attached hydrogen (secondary N) is 2. The minimum absolute atomic E-state index is 0.285. The predicted molar refractivity (Wildman–Crippen MR) is 115 cm³/mol. The van der Waals surface area contributed by atoms with E-state index in [2.05, 4.69) is 5.32 Å². The number of halogens is 2. The lowest BCUT2D eigenvalue weighted by Gasteiger charge is -2.10. The van der Waals surface area contributed by atoms with Crippen molar-refractivity contribution >= 4 is 35.2 Å². The lowest BCUT2D eigenvalue weighted by Crippen LogP contribution is -2.14. The molecule has 3 aromatic rings. The second kappa shape index (κ2) is 10.1. The molecule has 0 unspecified atom stereocenters. The number of anilines is 1. The summed E-state index contributed by atoms with van der Waals surface area (Å²) in [5.41, 5.74) is 4.11. The zero-order chi connectivity index (χ0) is 22.2. The fourth-order valence-corrected chi connectivity index (χ4v) is 2.72. The third kappa shape index (κ3) is 6.19. The van der Waals surface area contributed by atoms with E-state index in [1.165, 1.54) is 66.2 Å². The fourth-order valence-electron chi connectivity index (χ4n) is 2.72. The lowest BCUT2D eigenvalue weighted by molar-refractivity contribution is -0.124. The van der Waals surface area contributed by atoms with Crippen LogP contribution in [0.15, 0.2) is 78.9 Å². The van der Waals surface area contributed by atoms with Crippen molar-refractivity contribution in [2.45, 2.75) is 0 Å². The maximum atomic E-state index is 13.4. The van der Waals surface area contributed by atoms with E-state index in [-0.39, 0.29) is 5.57 Å². The Balaban J connectivity index is 1.90. The highest BCUT2D eigenvalue weighted by atomic mass is 19.1. The molecule has 3 aromatic carbocycles. The summed E-state index contributed by atoms with van der Waals surface area (Å²) >= 11 is 0. The average Bonchev–Trinajstić information content (AvgIpc) is 2.78. The number of carbonyl (C=O) groups is 2. The van der Waals surface area contributed by atoms with Crippen LogP contribution < -0.4 is 10.8 Å². The van der Waals surface area contributed by atoms with Crippen LogP contribution in [0.3, 0.4) is 0 Å². The standard InChI is InChI=1S/C24H18F2N2O3/c25-19-8-6-18(7-9-19)22(24(30)27-21-12-10-20(26)11-13-21)15-17-3-1-16(2-4-17)5-14-23(29)28-31/h1-15,31H,(H,27,30)(H,28,29)/b14-5+,22-15+. The van der Waals surface area contributed by atoms with Gasteiger partial charge < -0.3 is 5.32 Å². The van der Waals surface area contributed by atoms with Crippen molar-refractivity contribution in [2.75, 3.05) is 5.32 Å². The Kier molecular flexibility index (Phi) is 7.03. The number of carbonyl (C=O) groups excluding carboxylic acids is 2. The molecular weight excluding hydrogens is 402 g/mol. The number of hydrogen-bond acceptors (Lipinski definition) is 3. The van der Waals surface area contributed by atoms with Gasteiger partial charge in [-0.3, -0.25) is 14.8 Å². The summed E-state index contributed by atoms with van der Waals surface area (Å²) in [5.74, 6) is -1.94. The van der Waals surface area contributed by atoms with Crippen LogP contribution in [0.2, 0.25) is 0 Å². The van der Waals surface area contributed by atoms with Gasteiger partial charge in [0.15, 0.2) is 0 Å². The molecule has 0 atom stereocenters. The van der Waals surface area contributed by atoms with Gasteiger partial charge in [-0.1, -0.05) is 36.4 Å². The molecule has 0 bridgehead atoms. The van der Waals surface area contributed by atoms with Crippen molar-refractivity contribution in [3.05, 3.63) is 107 Å². The first-order valence-corrected chi connectivity index (χ1v) is 9.21. The number of hydroxylamine groups is 1. The Morgan fingerprint density at radius 3 is 1.90 bits per heavy atom. The number of hydrogen-bond donors (Lipinski definition) is 3. The highest BCUT2D eigenvalue weighted by molar-refractivity contribution is 6.29. The smallest absolute Gasteiger partial charge is 0.267 e. The molecular formula is C24H18F2N2O3. The zero-order valence-corrected chi connectivity index (χ0v) is 16.2. The van der Waals surface area contributed by atoms with Gasteiger partial charge in [0.25, 0.3) is 11.8 Å². The Bertz CT molecular complexity index is 1120. The van der Waals surface area contributed by atoms with E-state index >= 15 is 0 Å². The topological polar surface area (TPSA) is 78.4 Å². The number of benzene rings is 3. The van der Waals surface area contributed by atoms with E-state index in [0.717, 1.165) is 0 Å². The van der Waals surface area contributed by atoms with Crippen LogP contribution >= 0.6 is 0 Å². The van der Waals surface area contributed by atoms with E-state index in [1.54, 1.807) is 30.3 Å². The van der Waals surface area contributed by atoms with Crippen LogP contribution in [0.4, 0.5) is 14.5 Å². The van der Waals surface area contributed by atoms with Gasteiger partial charge in [-0.2, -0.15) is 0 Å². The summed E-state index contributed by atoms with van der Waals surface area (Å²) in [6, 6.07) is 17.8. The summed E-state index contributed by atoms with van der Waals surface area (Å²) in [4.78, 5) is 24.0. The van der Waals surface area contributed by atoms with Gasteiger partial charge in [0.2, 0.25) is 0 Å². The van der Waals surface area contributed by atoms with Crippen LogP contribution in [-0.4, -0.2) is 17.0 Å². The summed E-state index contributed by atoms with van der Waals surface area (Å²) < 4.78 is 26.5. The molecule has 156 valence electrons.